The number of aryl methyl sites for hydroxylation is 1. The van der Waals surface area contributed by atoms with Crippen molar-refractivity contribution in [3.8, 4) is 0 Å². The van der Waals surface area contributed by atoms with E-state index in [-0.39, 0.29) is 0 Å². The van der Waals surface area contributed by atoms with Gasteiger partial charge in [-0.25, -0.2) is 0 Å². The second kappa shape index (κ2) is 5.66. The van der Waals surface area contributed by atoms with Crippen molar-refractivity contribution in [2.45, 2.75) is 59.0 Å². The lowest BCUT2D eigenvalue weighted by atomic mass is 9.90. The molecule has 0 bridgehead atoms. The quantitative estimate of drug-likeness (QED) is 0.768. The van der Waals surface area contributed by atoms with Crippen LogP contribution in [0.4, 0.5) is 0 Å². The summed E-state index contributed by atoms with van der Waals surface area (Å²) in [7, 11) is 0. The van der Waals surface area contributed by atoms with Crippen molar-refractivity contribution in [2.75, 3.05) is 0 Å². The van der Waals surface area contributed by atoms with Gasteiger partial charge in [0.05, 0.1) is 0 Å². The molecular weight excluding hydrogens is 202 g/mol. The molecule has 1 heterocycles. The fourth-order valence-electron chi connectivity index (χ4n) is 1.98. The Hall–Kier alpha value is -0.340. The Bertz CT molecular complexity index is 278. The van der Waals surface area contributed by atoms with Crippen LogP contribution in [0.2, 0.25) is 0 Å². The predicted octanol–water partition coefficient (Wildman–Crippen LogP) is 4.11. The van der Waals surface area contributed by atoms with E-state index in [9.17, 15) is 0 Å². The van der Waals surface area contributed by atoms with Gasteiger partial charge in [0.1, 0.15) is 0 Å². The molecule has 1 rings (SSSR count). The molecule has 0 radical (unpaired) electrons. The van der Waals surface area contributed by atoms with Gasteiger partial charge < -0.3 is 5.32 Å². The van der Waals surface area contributed by atoms with Gasteiger partial charge in [0.2, 0.25) is 0 Å². The Kier molecular flexibility index (Phi) is 4.81. The first-order valence-electron chi connectivity index (χ1n) is 5.95. The molecular formula is C13H23NS. The zero-order valence-electron chi connectivity index (χ0n) is 10.4. The second-order valence-electron chi connectivity index (χ2n) is 4.22. The van der Waals surface area contributed by atoms with E-state index in [1.807, 2.05) is 11.3 Å². The lowest BCUT2D eigenvalue weighted by molar-refractivity contribution is 0.289. The second-order valence-corrected chi connectivity index (χ2v) is 5.22. The molecule has 0 aliphatic rings. The smallest absolute Gasteiger partial charge is 0.0307 e. The average Bonchev–Trinajstić information content (AvgIpc) is 2.67. The zero-order chi connectivity index (χ0) is 11.3. The summed E-state index contributed by atoms with van der Waals surface area (Å²) in [6.07, 6.45) is 3.64. The minimum atomic E-state index is 0.344. The fraction of sp³-hybridized carbons (Fsp3) is 0.692. The summed E-state index contributed by atoms with van der Waals surface area (Å²) >= 11 is 1.86. The summed E-state index contributed by atoms with van der Waals surface area (Å²) in [4.78, 5) is 1.48. The Morgan fingerprint density at radius 3 is 2.20 bits per heavy atom. The van der Waals surface area contributed by atoms with E-state index in [0.717, 1.165) is 6.54 Å². The summed E-state index contributed by atoms with van der Waals surface area (Å²) in [6, 6.07) is 2.20. The molecule has 1 nitrogen and oxygen atoms in total. The lowest BCUT2D eigenvalue weighted by Gasteiger charge is -2.32. The van der Waals surface area contributed by atoms with Gasteiger partial charge in [0, 0.05) is 17.0 Å². The van der Waals surface area contributed by atoms with Gasteiger partial charge in [-0.3, -0.25) is 0 Å². The van der Waals surface area contributed by atoms with E-state index in [4.69, 9.17) is 0 Å². The third-order valence-corrected chi connectivity index (χ3v) is 4.65. The minimum Gasteiger partial charge on any atom is -0.306 e. The molecule has 0 fully saturated rings. The van der Waals surface area contributed by atoms with Crippen molar-refractivity contribution in [1.29, 1.82) is 0 Å². The molecule has 86 valence electrons. The normalized spacial score (nSPS) is 12.0. The standard InChI is InChI=1S/C13H23NS/c1-5-13(6-2,7-3)14-10-12-11(4)8-9-15-12/h8-9,14H,5-7,10H2,1-4H3. The highest BCUT2D eigenvalue weighted by molar-refractivity contribution is 7.10. The van der Waals surface area contributed by atoms with Gasteiger partial charge in [0.15, 0.2) is 0 Å². The third-order valence-electron chi connectivity index (χ3n) is 3.62. The zero-order valence-corrected chi connectivity index (χ0v) is 11.2. The van der Waals surface area contributed by atoms with Crippen LogP contribution >= 0.6 is 11.3 Å². The molecule has 1 aromatic heterocycles. The number of thiophene rings is 1. The van der Waals surface area contributed by atoms with Gasteiger partial charge in [-0.1, -0.05) is 20.8 Å². The highest BCUT2D eigenvalue weighted by Crippen LogP contribution is 2.22. The van der Waals surface area contributed by atoms with Crippen LogP contribution in [-0.4, -0.2) is 5.54 Å². The predicted molar refractivity (Wildman–Crippen MR) is 69.5 cm³/mol. The van der Waals surface area contributed by atoms with E-state index in [1.165, 1.54) is 29.7 Å². The van der Waals surface area contributed by atoms with Gasteiger partial charge in [-0.2, -0.15) is 0 Å². The summed E-state index contributed by atoms with van der Waals surface area (Å²) in [5.74, 6) is 0. The molecule has 1 aromatic rings. The third kappa shape index (κ3) is 3.05. The minimum absolute atomic E-state index is 0.344. The first-order valence-corrected chi connectivity index (χ1v) is 6.83. The molecule has 1 N–H and O–H groups in total. The molecule has 0 saturated heterocycles. The summed E-state index contributed by atoms with van der Waals surface area (Å²) in [6.45, 7) is 10.1. The SMILES string of the molecule is CCC(CC)(CC)NCc1sccc1C. The molecule has 0 aliphatic heterocycles. The topological polar surface area (TPSA) is 12.0 Å². The van der Waals surface area contributed by atoms with Gasteiger partial charge in [-0.15, -0.1) is 11.3 Å². The van der Waals surface area contributed by atoms with Crippen LogP contribution in [0.1, 0.15) is 50.5 Å². The number of hydrogen-bond acceptors (Lipinski definition) is 2. The van der Waals surface area contributed by atoms with Crippen LogP contribution in [0.3, 0.4) is 0 Å². The van der Waals surface area contributed by atoms with Crippen LogP contribution in [-0.2, 0) is 6.54 Å². The van der Waals surface area contributed by atoms with Crippen molar-refractivity contribution in [1.82, 2.24) is 5.32 Å². The average molecular weight is 225 g/mol. The first-order chi connectivity index (χ1) is 7.17. The van der Waals surface area contributed by atoms with Gasteiger partial charge >= 0.3 is 0 Å². The maximum absolute atomic E-state index is 3.74. The van der Waals surface area contributed by atoms with Crippen LogP contribution in [0, 0.1) is 6.92 Å². The fourth-order valence-corrected chi connectivity index (χ4v) is 2.82. The monoisotopic (exact) mass is 225 g/mol. The largest absolute Gasteiger partial charge is 0.306 e. The molecule has 0 saturated carbocycles. The lowest BCUT2D eigenvalue weighted by Crippen LogP contribution is -2.42. The molecule has 0 amide bonds. The molecule has 0 unspecified atom stereocenters. The van der Waals surface area contributed by atoms with E-state index >= 15 is 0 Å². The van der Waals surface area contributed by atoms with Crippen LogP contribution in [0.25, 0.3) is 0 Å². The highest BCUT2D eigenvalue weighted by Gasteiger charge is 2.22. The van der Waals surface area contributed by atoms with E-state index in [0.29, 0.717) is 5.54 Å². The number of nitrogens with one attached hydrogen (secondary N) is 1. The van der Waals surface area contributed by atoms with Crippen molar-refractivity contribution >= 4 is 11.3 Å². The van der Waals surface area contributed by atoms with Crippen molar-refractivity contribution < 1.29 is 0 Å². The van der Waals surface area contributed by atoms with Crippen molar-refractivity contribution in [3.63, 3.8) is 0 Å². The van der Waals surface area contributed by atoms with Gasteiger partial charge in [-0.05, 0) is 43.2 Å². The van der Waals surface area contributed by atoms with Crippen LogP contribution in [0.15, 0.2) is 11.4 Å². The molecule has 2 heteroatoms. The highest BCUT2D eigenvalue weighted by atomic mass is 32.1. The molecule has 0 aliphatic carbocycles. The Morgan fingerprint density at radius 1 is 1.20 bits per heavy atom. The molecule has 15 heavy (non-hydrogen) atoms. The van der Waals surface area contributed by atoms with E-state index in [2.05, 4.69) is 44.5 Å². The number of rotatable bonds is 6. The Morgan fingerprint density at radius 2 is 1.80 bits per heavy atom. The summed E-state index contributed by atoms with van der Waals surface area (Å²) in [5.41, 5.74) is 1.76. The Labute approximate surface area is 97.9 Å². The molecule has 0 aromatic carbocycles. The van der Waals surface area contributed by atoms with Crippen molar-refractivity contribution in [2.24, 2.45) is 0 Å². The van der Waals surface area contributed by atoms with E-state index in [1.54, 1.807) is 0 Å². The summed E-state index contributed by atoms with van der Waals surface area (Å²) in [5, 5.41) is 5.91. The maximum Gasteiger partial charge on any atom is 0.0307 e. The number of hydrogen-bond donors (Lipinski definition) is 1. The Balaban J connectivity index is 2.58. The van der Waals surface area contributed by atoms with Crippen molar-refractivity contribution in [3.05, 3.63) is 21.9 Å². The van der Waals surface area contributed by atoms with E-state index < -0.39 is 0 Å². The summed E-state index contributed by atoms with van der Waals surface area (Å²) < 4.78 is 0. The maximum atomic E-state index is 3.74. The molecule has 0 atom stereocenters. The first kappa shape index (κ1) is 12.7. The molecule has 0 spiro atoms. The van der Waals surface area contributed by atoms with Crippen LogP contribution in [0.5, 0.6) is 0 Å². The van der Waals surface area contributed by atoms with Crippen LogP contribution < -0.4 is 5.32 Å². The van der Waals surface area contributed by atoms with Gasteiger partial charge in [0.25, 0.3) is 0 Å².